The van der Waals surface area contributed by atoms with Crippen molar-refractivity contribution in [1.82, 2.24) is 4.98 Å². The average molecular weight is 277 g/mol. The van der Waals surface area contributed by atoms with Gasteiger partial charge in [0.2, 0.25) is 0 Å². The fourth-order valence-corrected chi connectivity index (χ4v) is 3.47. The van der Waals surface area contributed by atoms with Crippen molar-refractivity contribution in [2.75, 3.05) is 30.8 Å². The Morgan fingerprint density at radius 2 is 2.32 bits per heavy atom. The number of rotatable bonds is 2. The molecule has 0 bridgehead atoms. The third-order valence-electron chi connectivity index (χ3n) is 4.05. The average Bonchev–Trinajstić information content (AvgIpc) is 2.89. The van der Waals surface area contributed by atoms with Crippen molar-refractivity contribution in [3.05, 3.63) is 17.6 Å². The molecule has 3 rings (SSSR count). The van der Waals surface area contributed by atoms with Gasteiger partial charge in [-0.05, 0) is 24.5 Å². The normalized spacial score (nSPS) is 24.0. The lowest BCUT2D eigenvalue weighted by Crippen LogP contribution is -2.44. The van der Waals surface area contributed by atoms with Crippen LogP contribution in [-0.4, -0.2) is 31.3 Å². The summed E-state index contributed by atoms with van der Waals surface area (Å²) in [5.74, 6) is 0.602. The second-order valence-electron chi connectivity index (χ2n) is 5.18. The highest BCUT2D eigenvalue weighted by Gasteiger charge is 2.27. The van der Waals surface area contributed by atoms with E-state index in [1.807, 2.05) is 5.51 Å². The topological polar surface area (TPSA) is 51.4 Å². The number of hydrogen-bond acceptors (Lipinski definition) is 5. The maximum Gasteiger partial charge on any atom is 0.106 e. The Balaban J connectivity index is 1.93. The molecule has 0 aliphatic carbocycles. The van der Waals surface area contributed by atoms with Gasteiger partial charge >= 0.3 is 0 Å². The number of piperidine rings is 1. The molecule has 19 heavy (non-hydrogen) atoms. The molecule has 0 spiro atoms. The van der Waals surface area contributed by atoms with E-state index in [4.69, 9.17) is 10.5 Å². The Labute approximate surface area is 117 Å². The molecule has 1 saturated heterocycles. The molecule has 102 valence electrons. The van der Waals surface area contributed by atoms with Crippen molar-refractivity contribution in [1.29, 1.82) is 0 Å². The third kappa shape index (κ3) is 2.17. The van der Waals surface area contributed by atoms with Crippen LogP contribution in [0.1, 0.15) is 13.3 Å². The highest BCUT2D eigenvalue weighted by molar-refractivity contribution is 7.16. The summed E-state index contributed by atoms with van der Waals surface area (Å²) in [6.07, 6.45) is 1.41. The molecule has 1 aromatic heterocycles. The van der Waals surface area contributed by atoms with Crippen LogP contribution in [-0.2, 0) is 4.74 Å². The third-order valence-corrected chi connectivity index (χ3v) is 4.85. The predicted molar refractivity (Wildman–Crippen MR) is 80.8 cm³/mol. The number of aromatic nitrogens is 1. The number of benzene rings is 1. The van der Waals surface area contributed by atoms with Crippen LogP contribution in [0.5, 0.6) is 0 Å². The molecular formula is C14H19N3OS. The first-order valence-electron chi connectivity index (χ1n) is 6.60. The van der Waals surface area contributed by atoms with Crippen LogP contribution in [0.3, 0.4) is 0 Å². The van der Waals surface area contributed by atoms with Crippen LogP contribution >= 0.6 is 11.3 Å². The SMILES string of the molecule is COC1CN(c2ccc3scnc3c2N)CCC1C. The lowest BCUT2D eigenvalue weighted by atomic mass is 9.95. The lowest BCUT2D eigenvalue weighted by molar-refractivity contribution is 0.0499. The van der Waals surface area contributed by atoms with Gasteiger partial charge in [0.25, 0.3) is 0 Å². The standard InChI is InChI=1S/C14H19N3OS/c1-9-5-6-17(7-11(9)18-2)10-3-4-12-14(13(10)15)16-8-19-12/h3-4,8-9,11H,5-7,15H2,1-2H3. The molecule has 1 fully saturated rings. The Bertz CT molecular complexity index is 583. The van der Waals surface area contributed by atoms with Crippen molar-refractivity contribution in [3.8, 4) is 0 Å². The van der Waals surface area contributed by atoms with E-state index >= 15 is 0 Å². The summed E-state index contributed by atoms with van der Waals surface area (Å²) in [6.45, 7) is 4.18. The number of anilines is 2. The lowest BCUT2D eigenvalue weighted by Gasteiger charge is -2.38. The van der Waals surface area contributed by atoms with E-state index in [0.717, 1.165) is 41.1 Å². The molecule has 2 heterocycles. The van der Waals surface area contributed by atoms with E-state index in [-0.39, 0.29) is 6.10 Å². The molecule has 2 aromatic rings. The minimum atomic E-state index is 0.277. The van der Waals surface area contributed by atoms with E-state index < -0.39 is 0 Å². The van der Waals surface area contributed by atoms with Gasteiger partial charge in [0.05, 0.1) is 27.7 Å². The Kier molecular flexibility index (Phi) is 3.33. The van der Waals surface area contributed by atoms with Gasteiger partial charge in [-0.3, -0.25) is 0 Å². The number of nitrogens with zero attached hydrogens (tertiary/aromatic N) is 2. The fourth-order valence-electron chi connectivity index (χ4n) is 2.78. The zero-order valence-corrected chi connectivity index (χ0v) is 12.1. The van der Waals surface area contributed by atoms with Gasteiger partial charge in [0.15, 0.2) is 0 Å². The van der Waals surface area contributed by atoms with E-state index in [1.165, 1.54) is 0 Å². The molecule has 1 aliphatic heterocycles. The Hall–Kier alpha value is -1.33. The molecule has 0 radical (unpaired) electrons. The molecule has 4 nitrogen and oxygen atoms in total. The molecule has 2 unspecified atom stereocenters. The van der Waals surface area contributed by atoms with E-state index in [9.17, 15) is 0 Å². The first-order chi connectivity index (χ1) is 9.20. The molecule has 0 amide bonds. The number of thiazole rings is 1. The molecule has 1 aromatic carbocycles. The van der Waals surface area contributed by atoms with Crippen LogP contribution in [0.25, 0.3) is 10.2 Å². The summed E-state index contributed by atoms with van der Waals surface area (Å²) in [5.41, 5.74) is 10.9. The quantitative estimate of drug-likeness (QED) is 0.858. The molecule has 2 N–H and O–H groups in total. The summed E-state index contributed by atoms with van der Waals surface area (Å²) in [4.78, 5) is 6.69. The first kappa shape index (κ1) is 12.7. The number of ether oxygens (including phenoxy) is 1. The van der Waals surface area contributed by atoms with Crippen molar-refractivity contribution < 1.29 is 4.74 Å². The minimum Gasteiger partial charge on any atom is -0.395 e. The van der Waals surface area contributed by atoms with E-state index in [2.05, 4.69) is 28.9 Å². The zero-order chi connectivity index (χ0) is 13.4. The van der Waals surface area contributed by atoms with Gasteiger partial charge in [-0.2, -0.15) is 0 Å². The van der Waals surface area contributed by atoms with Crippen molar-refractivity contribution in [2.45, 2.75) is 19.4 Å². The van der Waals surface area contributed by atoms with Gasteiger partial charge in [-0.25, -0.2) is 4.98 Å². The fraction of sp³-hybridized carbons (Fsp3) is 0.500. The van der Waals surface area contributed by atoms with Gasteiger partial charge < -0.3 is 15.4 Å². The summed E-state index contributed by atoms with van der Waals surface area (Å²) in [5, 5.41) is 0. The second-order valence-corrected chi connectivity index (χ2v) is 6.07. The van der Waals surface area contributed by atoms with Crippen LogP contribution in [0.2, 0.25) is 0 Å². The molecule has 0 saturated carbocycles. The van der Waals surface area contributed by atoms with Crippen LogP contribution in [0, 0.1) is 5.92 Å². The van der Waals surface area contributed by atoms with Gasteiger partial charge in [0, 0.05) is 20.2 Å². The number of methoxy groups -OCH3 is 1. The van der Waals surface area contributed by atoms with Crippen molar-refractivity contribution >= 4 is 32.9 Å². The number of fused-ring (bicyclic) bond motifs is 1. The van der Waals surface area contributed by atoms with Gasteiger partial charge in [-0.15, -0.1) is 11.3 Å². The van der Waals surface area contributed by atoms with Crippen LogP contribution in [0.15, 0.2) is 17.6 Å². The van der Waals surface area contributed by atoms with Crippen molar-refractivity contribution in [3.63, 3.8) is 0 Å². The number of hydrogen-bond donors (Lipinski definition) is 1. The van der Waals surface area contributed by atoms with E-state index in [0.29, 0.717) is 5.92 Å². The summed E-state index contributed by atoms with van der Waals surface area (Å²) < 4.78 is 6.72. The maximum absolute atomic E-state index is 6.28. The van der Waals surface area contributed by atoms with Crippen LogP contribution in [0.4, 0.5) is 11.4 Å². The number of nitrogens with two attached hydrogens (primary N) is 1. The molecular weight excluding hydrogens is 258 g/mol. The summed E-state index contributed by atoms with van der Waals surface area (Å²) >= 11 is 1.63. The smallest absolute Gasteiger partial charge is 0.106 e. The largest absolute Gasteiger partial charge is 0.395 e. The zero-order valence-electron chi connectivity index (χ0n) is 11.3. The highest BCUT2D eigenvalue weighted by atomic mass is 32.1. The van der Waals surface area contributed by atoms with Gasteiger partial charge in [-0.1, -0.05) is 6.92 Å². The first-order valence-corrected chi connectivity index (χ1v) is 7.48. The Morgan fingerprint density at radius 1 is 1.47 bits per heavy atom. The molecule has 5 heteroatoms. The maximum atomic E-state index is 6.28. The summed E-state index contributed by atoms with van der Waals surface area (Å²) in [6, 6.07) is 4.22. The highest BCUT2D eigenvalue weighted by Crippen LogP contribution is 2.34. The van der Waals surface area contributed by atoms with Crippen molar-refractivity contribution in [2.24, 2.45) is 5.92 Å². The Morgan fingerprint density at radius 3 is 3.11 bits per heavy atom. The molecule has 2 atom stereocenters. The number of nitrogen functional groups attached to an aromatic ring is 1. The predicted octanol–water partition coefficient (Wildman–Crippen LogP) is 2.74. The molecule has 1 aliphatic rings. The minimum absolute atomic E-state index is 0.277. The summed E-state index contributed by atoms with van der Waals surface area (Å²) in [7, 11) is 1.79. The van der Waals surface area contributed by atoms with E-state index in [1.54, 1.807) is 18.4 Å². The van der Waals surface area contributed by atoms with Gasteiger partial charge in [0.1, 0.15) is 5.52 Å². The monoisotopic (exact) mass is 277 g/mol. The van der Waals surface area contributed by atoms with Crippen LogP contribution < -0.4 is 10.6 Å². The second kappa shape index (κ2) is 4.98.